The maximum atomic E-state index is 13.9. The lowest BCUT2D eigenvalue weighted by Crippen LogP contribution is -2.56. The third-order valence-corrected chi connectivity index (χ3v) is 13.8. The van der Waals surface area contributed by atoms with Gasteiger partial charge >= 0.3 is 17.9 Å². The fourth-order valence-corrected chi connectivity index (χ4v) is 9.13. The number of ether oxygens (including phenoxy) is 4. The molecule has 2 fully saturated rings. The summed E-state index contributed by atoms with van der Waals surface area (Å²) in [6.45, 7) is 25.8. The molecule has 1 aliphatic carbocycles. The van der Waals surface area contributed by atoms with Crippen LogP contribution in [0.4, 0.5) is 0 Å². The first kappa shape index (κ1) is 47.2. The van der Waals surface area contributed by atoms with E-state index in [2.05, 4.69) is 100 Å². The van der Waals surface area contributed by atoms with E-state index in [1.165, 1.54) is 12.7 Å². The Hall–Kier alpha value is -3.20. The molecule has 0 aromatic rings. The molecular formula is C47H74O9. The van der Waals surface area contributed by atoms with Crippen molar-refractivity contribution in [2.75, 3.05) is 7.11 Å². The van der Waals surface area contributed by atoms with Crippen LogP contribution < -0.4 is 0 Å². The minimum atomic E-state index is -0.963. The number of esters is 2. The maximum absolute atomic E-state index is 13.9. The number of hydrogen-bond acceptors (Lipinski definition) is 8. The number of ketones is 1. The fourth-order valence-electron chi connectivity index (χ4n) is 9.13. The predicted molar refractivity (Wildman–Crippen MR) is 220 cm³/mol. The number of carbonyl (C=O) groups is 4. The molecule has 316 valence electrons. The lowest BCUT2D eigenvalue weighted by Gasteiger charge is -2.52. The highest BCUT2D eigenvalue weighted by atomic mass is 16.6. The van der Waals surface area contributed by atoms with Gasteiger partial charge < -0.3 is 24.1 Å². The van der Waals surface area contributed by atoms with E-state index < -0.39 is 47.6 Å². The van der Waals surface area contributed by atoms with Gasteiger partial charge in [-0.25, -0.2) is 4.79 Å². The van der Waals surface area contributed by atoms with Crippen LogP contribution in [0, 0.1) is 59.2 Å². The van der Waals surface area contributed by atoms with Gasteiger partial charge in [0.2, 0.25) is 5.76 Å². The number of Topliss-reactive ketones (excluding diaryl/α,β-unsaturated/α-hetero) is 1. The number of methoxy groups -OCH3 is 1. The molecule has 0 radical (unpaired) electrons. The molecule has 1 saturated heterocycles. The third-order valence-electron chi connectivity index (χ3n) is 13.8. The first-order valence-electron chi connectivity index (χ1n) is 21.3. The minimum Gasteiger partial charge on any atom is -0.490 e. The van der Waals surface area contributed by atoms with Crippen molar-refractivity contribution in [2.45, 2.75) is 158 Å². The topological polar surface area (TPSA) is 125 Å². The molecule has 2 aliphatic heterocycles. The van der Waals surface area contributed by atoms with Gasteiger partial charge in [0.05, 0.1) is 31.2 Å². The Balaban J connectivity index is 1.91. The van der Waals surface area contributed by atoms with Crippen LogP contribution in [0.5, 0.6) is 0 Å². The van der Waals surface area contributed by atoms with Crippen LogP contribution in [0.1, 0.15) is 134 Å². The van der Waals surface area contributed by atoms with Crippen molar-refractivity contribution in [3.05, 3.63) is 47.3 Å². The van der Waals surface area contributed by atoms with Gasteiger partial charge in [-0.3, -0.25) is 14.4 Å². The Morgan fingerprint density at radius 2 is 1.68 bits per heavy atom. The van der Waals surface area contributed by atoms with Crippen molar-refractivity contribution in [2.24, 2.45) is 59.2 Å². The quantitative estimate of drug-likeness (QED) is 0.204. The lowest BCUT2D eigenvalue weighted by molar-refractivity contribution is -0.230. The van der Waals surface area contributed by atoms with Crippen molar-refractivity contribution >= 4 is 23.7 Å². The monoisotopic (exact) mass is 783 g/mol. The summed E-state index contributed by atoms with van der Waals surface area (Å²) in [5.74, 6) is -2.18. The summed E-state index contributed by atoms with van der Waals surface area (Å²) in [7, 11) is 1.51. The zero-order valence-corrected chi connectivity index (χ0v) is 36.8. The molecule has 56 heavy (non-hydrogen) atoms. The van der Waals surface area contributed by atoms with Crippen molar-refractivity contribution in [3.8, 4) is 0 Å². The minimum absolute atomic E-state index is 0.0154. The zero-order valence-electron chi connectivity index (χ0n) is 36.8. The fraction of sp³-hybridized carbons (Fsp3) is 0.745. The van der Waals surface area contributed by atoms with Crippen LogP contribution in [0.15, 0.2) is 47.3 Å². The lowest BCUT2D eigenvalue weighted by atomic mass is 9.67. The second-order valence-electron chi connectivity index (χ2n) is 18.3. The van der Waals surface area contributed by atoms with E-state index in [-0.39, 0.29) is 66.0 Å². The van der Waals surface area contributed by atoms with E-state index in [0.29, 0.717) is 31.1 Å². The summed E-state index contributed by atoms with van der Waals surface area (Å²) in [4.78, 5) is 51.6. The average molecular weight is 783 g/mol. The summed E-state index contributed by atoms with van der Waals surface area (Å²) < 4.78 is 25.4. The summed E-state index contributed by atoms with van der Waals surface area (Å²) >= 11 is 0. The van der Waals surface area contributed by atoms with Crippen molar-refractivity contribution < 1.29 is 43.2 Å². The zero-order chi connectivity index (χ0) is 42.1. The van der Waals surface area contributed by atoms with Gasteiger partial charge in [-0.1, -0.05) is 97.8 Å². The molecule has 0 amide bonds. The number of carboxylic acid groups (broad SMARTS) is 1. The van der Waals surface area contributed by atoms with E-state index in [9.17, 15) is 24.3 Å². The summed E-state index contributed by atoms with van der Waals surface area (Å²) in [6, 6.07) is 0. The van der Waals surface area contributed by atoms with Gasteiger partial charge in [-0.2, -0.15) is 0 Å². The molecule has 3 rings (SSSR count). The van der Waals surface area contributed by atoms with Gasteiger partial charge in [0, 0.05) is 30.6 Å². The van der Waals surface area contributed by atoms with Gasteiger partial charge in [0.1, 0.15) is 18.0 Å². The Bertz CT molecular complexity index is 1490. The summed E-state index contributed by atoms with van der Waals surface area (Å²) in [5, 5.41) is 9.38. The number of aliphatic carboxylic acids is 1. The summed E-state index contributed by atoms with van der Waals surface area (Å²) in [6.07, 6.45) is 13.2. The Kier molecular flexibility index (Phi) is 17.7. The van der Waals surface area contributed by atoms with Gasteiger partial charge in [-0.05, 0) is 94.5 Å². The van der Waals surface area contributed by atoms with Crippen molar-refractivity contribution in [1.29, 1.82) is 0 Å². The molecule has 0 aromatic heterocycles. The molecule has 1 N–H and O–H groups in total. The Morgan fingerprint density at radius 3 is 2.27 bits per heavy atom. The van der Waals surface area contributed by atoms with Crippen molar-refractivity contribution in [3.63, 3.8) is 0 Å². The SMILES string of the molecule is CC[C@H]1/C=C/C=C(\C)CC(C)[C@H](C)C/C=C(C)/C=C(\OC)C(=O)OC1[C@@H](C)[C@@H](C)[C@H](C)[C@@]1(C)C[C@@H](OC(=O)CC2CC[C@@H](C(=O)O)CC2=O)[C@H](C)[C@@H](C(C)C)O1. The molecule has 9 nitrogen and oxygen atoms in total. The highest BCUT2D eigenvalue weighted by Crippen LogP contribution is 2.46. The molecule has 2 heterocycles. The standard InChI is InChI=1S/C47H74O9/c1-14-36-17-15-16-28(4)22-31(7)30(6)19-18-29(5)23-40(53-13)46(52)55-44(36)33(9)32(8)35(11)47(12)26-41(34(10)43(56-47)27(2)3)54-42(49)25-37-20-21-38(45(50)51)24-39(37)48/h15-18,23,27,30-38,41,43-44H,14,19-22,24-26H2,1-13H3,(H,50,51)/b17-15+,28-16+,29-18+,40-23-/t30-,31?,32-,33+,34+,35+,36+,37?,38-,41-,43-,44?,47-/m1/s1. The second kappa shape index (κ2) is 21.0. The van der Waals surface area contributed by atoms with E-state index in [1.54, 1.807) is 6.08 Å². The van der Waals surface area contributed by atoms with Crippen LogP contribution in [0.2, 0.25) is 0 Å². The number of cyclic esters (lactones) is 1. The Morgan fingerprint density at radius 1 is 1.00 bits per heavy atom. The smallest absolute Gasteiger partial charge is 0.373 e. The highest BCUT2D eigenvalue weighted by Gasteiger charge is 2.50. The molecule has 0 spiro atoms. The van der Waals surface area contributed by atoms with E-state index in [0.717, 1.165) is 24.8 Å². The number of allylic oxidation sites excluding steroid dienone is 6. The van der Waals surface area contributed by atoms with Gasteiger partial charge in [0.15, 0.2) is 0 Å². The van der Waals surface area contributed by atoms with E-state index in [1.807, 2.05) is 6.92 Å². The highest BCUT2D eigenvalue weighted by molar-refractivity contribution is 5.89. The summed E-state index contributed by atoms with van der Waals surface area (Å²) in [5.41, 5.74) is 1.60. The Labute approximate surface area is 338 Å². The van der Waals surface area contributed by atoms with Crippen LogP contribution in [-0.2, 0) is 38.1 Å². The van der Waals surface area contributed by atoms with E-state index in [4.69, 9.17) is 18.9 Å². The molecule has 3 aliphatic rings. The van der Waals surface area contributed by atoms with Crippen LogP contribution in [0.25, 0.3) is 0 Å². The maximum Gasteiger partial charge on any atom is 0.373 e. The molecule has 9 heteroatoms. The largest absolute Gasteiger partial charge is 0.490 e. The molecule has 3 unspecified atom stereocenters. The molecule has 13 atom stereocenters. The first-order valence-corrected chi connectivity index (χ1v) is 21.3. The normalized spacial score (nSPS) is 37.7. The van der Waals surface area contributed by atoms with E-state index >= 15 is 0 Å². The first-order chi connectivity index (χ1) is 26.2. The van der Waals surface area contributed by atoms with Crippen molar-refractivity contribution in [1.82, 2.24) is 0 Å². The average Bonchev–Trinajstić information content (AvgIpc) is 3.14. The predicted octanol–water partition coefficient (Wildman–Crippen LogP) is 10.1. The number of carbonyl (C=O) groups excluding carboxylic acids is 3. The molecule has 0 bridgehead atoms. The molecule has 1 saturated carbocycles. The van der Waals surface area contributed by atoms with Crippen LogP contribution in [-0.4, -0.2) is 59.8 Å². The van der Waals surface area contributed by atoms with Crippen LogP contribution in [0.3, 0.4) is 0 Å². The van der Waals surface area contributed by atoms with Crippen LogP contribution >= 0.6 is 0 Å². The van der Waals surface area contributed by atoms with Gasteiger partial charge in [-0.15, -0.1) is 0 Å². The third kappa shape index (κ3) is 12.4. The number of rotatable bonds is 11. The molecule has 0 aromatic carbocycles. The molecular weight excluding hydrogens is 709 g/mol. The second-order valence-corrected chi connectivity index (χ2v) is 18.3. The number of hydrogen-bond donors (Lipinski definition) is 1. The number of carboxylic acids is 1. The van der Waals surface area contributed by atoms with Gasteiger partial charge in [0.25, 0.3) is 0 Å².